The SMILES string of the molecule is CCCN1C(=O)CCc2cc(NS(=O)(=O)Cc3ccc([N+](=O)[O-])cc3)cc(F)c21. The van der Waals surface area contributed by atoms with Gasteiger partial charge in [0.25, 0.3) is 5.69 Å². The largest absolute Gasteiger partial charge is 0.309 e. The summed E-state index contributed by atoms with van der Waals surface area (Å²) in [6.45, 7) is 2.29. The number of carbonyl (C=O) groups is 1. The highest BCUT2D eigenvalue weighted by molar-refractivity contribution is 7.91. The lowest BCUT2D eigenvalue weighted by Crippen LogP contribution is -2.36. The molecule has 1 aliphatic rings. The summed E-state index contributed by atoms with van der Waals surface area (Å²) in [5.41, 5.74) is 1.09. The molecule has 1 heterocycles. The van der Waals surface area contributed by atoms with Crippen LogP contribution in [0.4, 0.5) is 21.5 Å². The molecule has 8 nitrogen and oxygen atoms in total. The molecular formula is C19H20FN3O5S. The zero-order valence-corrected chi connectivity index (χ0v) is 16.5. The number of hydrogen-bond acceptors (Lipinski definition) is 5. The van der Waals surface area contributed by atoms with Crippen molar-refractivity contribution in [2.75, 3.05) is 16.2 Å². The predicted molar refractivity (Wildman–Crippen MR) is 107 cm³/mol. The molecular weight excluding hydrogens is 401 g/mol. The second-order valence-electron chi connectivity index (χ2n) is 6.80. The second-order valence-corrected chi connectivity index (χ2v) is 8.52. The number of nitro groups is 1. The Hall–Kier alpha value is -3.01. The summed E-state index contributed by atoms with van der Waals surface area (Å²) < 4.78 is 42.0. The summed E-state index contributed by atoms with van der Waals surface area (Å²) in [5, 5.41) is 10.7. The fourth-order valence-electron chi connectivity index (χ4n) is 3.32. The minimum absolute atomic E-state index is 0.0777. The number of benzene rings is 2. The van der Waals surface area contributed by atoms with Crippen LogP contribution in [0.25, 0.3) is 0 Å². The number of non-ortho nitro benzene ring substituents is 1. The van der Waals surface area contributed by atoms with Crippen molar-refractivity contribution >= 4 is 33.0 Å². The summed E-state index contributed by atoms with van der Waals surface area (Å²) >= 11 is 0. The highest BCUT2D eigenvalue weighted by atomic mass is 32.2. The number of anilines is 2. The standard InChI is InChI=1S/C19H20FN3O5S/c1-2-9-22-18(24)8-5-14-10-15(11-17(20)19(14)22)21-29(27,28)12-13-3-6-16(7-4-13)23(25)26/h3-4,6-7,10-11,21H,2,5,8-9,12H2,1H3. The zero-order valence-electron chi connectivity index (χ0n) is 15.7. The first kappa shape index (κ1) is 20.7. The lowest BCUT2D eigenvalue weighted by atomic mass is 10.00. The van der Waals surface area contributed by atoms with E-state index in [1.807, 2.05) is 6.92 Å². The summed E-state index contributed by atoms with van der Waals surface area (Å²) in [7, 11) is -3.87. The van der Waals surface area contributed by atoms with Gasteiger partial charge in [-0.25, -0.2) is 12.8 Å². The second kappa shape index (κ2) is 8.16. The average Bonchev–Trinajstić information content (AvgIpc) is 2.63. The molecule has 29 heavy (non-hydrogen) atoms. The van der Waals surface area contributed by atoms with Gasteiger partial charge in [0.2, 0.25) is 15.9 Å². The maximum Gasteiger partial charge on any atom is 0.269 e. The van der Waals surface area contributed by atoms with Gasteiger partial charge in [0.15, 0.2) is 0 Å². The van der Waals surface area contributed by atoms with Crippen LogP contribution >= 0.6 is 0 Å². The summed E-state index contributed by atoms with van der Waals surface area (Å²) in [4.78, 5) is 23.6. The lowest BCUT2D eigenvalue weighted by Gasteiger charge is -2.30. The van der Waals surface area contributed by atoms with Crippen molar-refractivity contribution in [3.63, 3.8) is 0 Å². The highest BCUT2D eigenvalue weighted by Gasteiger charge is 2.27. The number of carbonyl (C=O) groups excluding carboxylic acids is 1. The number of fused-ring (bicyclic) bond motifs is 1. The molecule has 0 spiro atoms. The molecule has 2 aromatic carbocycles. The third-order valence-electron chi connectivity index (χ3n) is 4.55. The molecule has 3 rings (SSSR count). The van der Waals surface area contributed by atoms with Crippen molar-refractivity contribution in [1.29, 1.82) is 0 Å². The van der Waals surface area contributed by atoms with Gasteiger partial charge in [-0.2, -0.15) is 0 Å². The topological polar surface area (TPSA) is 110 Å². The fraction of sp³-hybridized carbons (Fsp3) is 0.316. The van der Waals surface area contributed by atoms with Crippen molar-refractivity contribution < 1.29 is 22.5 Å². The number of nitro benzene ring substituents is 1. The molecule has 0 saturated heterocycles. The van der Waals surface area contributed by atoms with E-state index in [1.54, 1.807) is 6.07 Å². The molecule has 0 atom stereocenters. The molecule has 0 radical (unpaired) electrons. The Balaban J connectivity index is 1.81. The number of nitrogens with zero attached hydrogens (tertiary/aromatic N) is 2. The highest BCUT2D eigenvalue weighted by Crippen LogP contribution is 2.34. The first-order valence-electron chi connectivity index (χ1n) is 9.07. The Labute approximate surface area is 167 Å². The molecule has 1 amide bonds. The van der Waals surface area contributed by atoms with Gasteiger partial charge in [-0.3, -0.25) is 19.6 Å². The third-order valence-corrected chi connectivity index (χ3v) is 5.81. The summed E-state index contributed by atoms with van der Waals surface area (Å²) in [6, 6.07) is 7.78. The van der Waals surface area contributed by atoms with Gasteiger partial charge in [0.1, 0.15) is 5.82 Å². The number of aryl methyl sites for hydroxylation is 1. The minimum Gasteiger partial charge on any atom is -0.309 e. The molecule has 0 fully saturated rings. The van der Waals surface area contributed by atoms with E-state index in [0.29, 0.717) is 30.5 Å². The number of rotatable bonds is 7. The van der Waals surface area contributed by atoms with E-state index in [1.165, 1.54) is 29.2 Å². The van der Waals surface area contributed by atoms with Crippen LogP contribution in [0.5, 0.6) is 0 Å². The van der Waals surface area contributed by atoms with Gasteiger partial charge < -0.3 is 4.90 Å². The molecule has 1 N–H and O–H groups in total. The van der Waals surface area contributed by atoms with Crippen molar-refractivity contribution in [1.82, 2.24) is 0 Å². The predicted octanol–water partition coefficient (Wildman–Crippen LogP) is 3.37. The van der Waals surface area contributed by atoms with Crippen LogP contribution in [0, 0.1) is 15.9 Å². The quantitative estimate of drug-likeness (QED) is 0.544. The smallest absolute Gasteiger partial charge is 0.269 e. The van der Waals surface area contributed by atoms with E-state index in [-0.39, 0.29) is 29.4 Å². The van der Waals surface area contributed by atoms with Crippen molar-refractivity contribution in [2.24, 2.45) is 0 Å². The van der Waals surface area contributed by atoms with E-state index < -0.39 is 26.5 Å². The minimum atomic E-state index is -3.87. The maximum absolute atomic E-state index is 14.7. The Bertz CT molecular complexity index is 1050. The van der Waals surface area contributed by atoms with E-state index in [9.17, 15) is 27.7 Å². The van der Waals surface area contributed by atoms with Gasteiger partial charge in [0, 0.05) is 31.2 Å². The Kier molecular flexibility index (Phi) is 5.83. The number of hydrogen-bond donors (Lipinski definition) is 1. The molecule has 0 unspecified atom stereocenters. The van der Waals surface area contributed by atoms with Gasteiger partial charge in [-0.15, -0.1) is 0 Å². The van der Waals surface area contributed by atoms with E-state index in [4.69, 9.17) is 0 Å². The van der Waals surface area contributed by atoms with E-state index in [0.717, 1.165) is 6.07 Å². The molecule has 0 aliphatic carbocycles. The summed E-state index contributed by atoms with van der Waals surface area (Å²) in [6.07, 6.45) is 1.25. The Morgan fingerprint density at radius 3 is 2.52 bits per heavy atom. The zero-order chi connectivity index (χ0) is 21.2. The van der Waals surface area contributed by atoms with Gasteiger partial charge in [0.05, 0.1) is 22.1 Å². The van der Waals surface area contributed by atoms with Crippen LogP contribution in [0.15, 0.2) is 36.4 Å². The van der Waals surface area contributed by atoms with Gasteiger partial charge >= 0.3 is 0 Å². The van der Waals surface area contributed by atoms with Crippen molar-refractivity contribution in [3.8, 4) is 0 Å². The van der Waals surface area contributed by atoms with Crippen LogP contribution in [0.1, 0.15) is 30.9 Å². The maximum atomic E-state index is 14.7. The number of halogens is 1. The molecule has 154 valence electrons. The Morgan fingerprint density at radius 2 is 1.90 bits per heavy atom. The fourth-order valence-corrected chi connectivity index (χ4v) is 4.50. The van der Waals surface area contributed by atoms with Crippen LogP contribution in [0.3, 0.4) is 0 Å². The molecule has 0 aromatic heterocycles. The summed E-state index contributed by atoms with van der Waals surface area (Å²) in [5.74, 6) is -1.22. The molecule has 2 aromatic rings. The lowest BCUT2D eigenvalue weighted by molar-refractivity contribution is -0.384. The first-order chi connectivity index (χ1) is 13.7. The number of sulfonamides is 1. The van der Waals surface area contributed by atoms with Crippen molar-refractivity contribution in [2.45, 2.75) is 31.9 Å². The third kappa shape index (κ3) is 4.70. The number of nitrogens with one attached hydrogen (secondary N) is 1. The van der Waals surface area contributed by atoms with Crippen LogP contribution in [-0.4, -0.2) is 25.8 Å². The molecule has 0 bridgehead atoms. The Morgan fingerprint density at radius 1 is 1.21 bits per heavy atom. The first-order valence-corrected chi connectivity index (χ1v) is 10.7. The van der Waals surface area contributed by atoms with E-state index >= 15 is 0 Å². The van der Waals surface area contributed by atoms with Crippen molar-refractivity contribution in [3.05, 3.63) is 63.5 Å². The van der Waals surface area contributed by atoms with Crippen LogP contribution in [0.2, 0.25) is 0 Å². The average molecular weight is 421 g/mol. The molecule has 1 aliphatic heterocycles. The van der Waals surface area contributed by atoms with Gasteiger partial charge in [-0.05, 0) is 30.0 Å². The van der Waals surface area contributed by atoms with Crippen LogP contribution in [-0.2, 0) is 27.0 Å². The van der Waals surface area contributed by atoms with Gasteiger partial charge in [-0.1, -0.05) is 19.1 Å². The van der Waals surface area contributed by atoms with E-state index in [2.05, 4.69) is 4.72 Å². The molecule has 10 heteroatoms. The normalized spacial score (nSPS) is 13.9. The molecule has 0 saturated carbocycles. The number of amides is 1. The van der Waals surface area contributed by atoms with Crippen LogP contribution < -0.4 is 9.62 Å². The monoisotopic (exact) mass is 421 g/mol.